The van der Waals surface area contributed by atoms with E-state index in [1.54, 1.807) is 12.4 Å². The number of aromatic nitrogens is 2. The molecule has 1 N–H and O–H groups in total. The van der Waals surface area contributed by atoms with Crippen LogP contribution in [0.5, 0.6) is 0 Å². The average molecular weight is 232 g/mol. The maximum atomic E-state index is 7.11. The highest BCUT2D eigenvalue weighted by atomic mass is 15.2. The maximum absolute atomic E-state index is 7.11. The standard InChI is InChI=1S/C13H20N4/c1-10-4-5-17(9-13(10,2)3)12-8-15-11(6-14)7-16-12/h6-8,10,14H,4-5,9H2,1-3H3. The van der Waals surface area contributed by atoms with Gasteiger partial charge in [-0.25, -0.2) is 9.97 Å². The largest absolute Gasteiger partial charge is 0.355 e. The van der Waals surface area contributed by atoms with Gasteiger partial charge in [0.15, 0.2) is 0 Å². The Kier molecular flexibility index (Phi) is 3.13. The molecule has 1 aliphatic rings. The summed E-state index contributed by atoms with van der Waals surface area (Å²) in [7, 11) is 0. The summed E-state index contributed by atoms with van der Waals surface area (Å²) in [5.74, 6) is 1.67. The van der Waals surface area contributed by atoms with Crippen molar-refractivity contribution in [3.63, 3.8) is 0 Å². The molecule has 17 heavy (non-hydrogen) atoms. The molecule has 4 nitrogen and oxygen atoms in total. The van der Waals surface area contributed by atoms with E-state index in [2.05, 4.69) is 35.6 Å². The zero-order valence-electron chi connectivity index (χ0n) is 10.8. The van der Waals surface area contributed by atoms with Gasteiger partial charge in [-0.3, -0.25) is 0 Å². The first kappa shape index (κ1) is 12.0. The molecule has 0 bridgehead atoms. The normalized spacial score (nSPS) is 23.5. The summed E-state index contributed by atoms with van der Waals surface area (Å²) in [6.07, 6.45) is 5.85. The smallest absolute Gasteiger partial charge is 0.147 e. The van der Waals surface area contributed by atoms with Gasteiger partial charge in [-0.05, 0) is 17.8 Å². The maximum Gasteiger partial charge on any atom is 0.147 e. The average Bonchev–Trinajstić information content (AvgIpc) is 2.33. The second kappa shape index (κ2) is 4.43. The van der Waals surface area contributed by atoms with Crippen LogP contribution < -0.4 is 4.90 Å². The zero-order valence-corrected chi connectivity index (χ0v) is 10.8. The summed E-state index contributed by atoms with van der Waals surface area (Å²) in [4.78, 5) is 10.9. The van der Waals surface area contributed by atoms with Crippen LogP contribution in [-0.4, -0.2) is 29.3 Å². The minimum Gasteiger partial charge on any atom is -0.355 e. The zero-order chi connectivity index (χ0) is 12.5. The van der Waals surface area contributed by atoms with Crippen LogP contribution in [0.2, 0.25) is 0 Å². The van der Waals surface area contributed by atoms with Gasteiger partial charge in [-0.1, -0.05) is 20.8 Å². The summed E-state index contributed by atoms with van der Waals surface area (Å²) in [6.45, 7) is 9.00. The summed E-state index contributed by atoms with van der Waals surface area (Å²) in [5, 5.41) is 7.11. The van der Waals surface area contributed by atoms with Gasteiger partial charge in [0.2, 0.25) is 0 Å². The SMILES string of the molecule is CC1CCN(c2cnc(C=N)cn2)CC1(C)C. The highest BCUT2D eigenvalue weighted by Crippen LogP contribution is 2.35. The van der Waals surface area contributed by atoms with E-state index in [0.29, 0.717) is 11.1 Å². The fourth-order valence-corrected chi connectivity index (χ4v) is 2.23. The van der Waals surface area contributed by atoms with Gasteiger partial charge in [0.05, 0.1) is 18.1 Å². The Balaban J connectivity index is 2.15. The van der Waals surface area contributed by atoms with E-state index in [4.69, 9.17) is 5.41 Å². The predicted octanol–water partition coefficient (Wildman–Crippen LogP) is 2.35. The molecule has 0 amide bonds. The number of piperidine rings is 1. The van der Waals surface area contributed by atoms with Crippen LogP contribution in [0, 0.1) is 16.7 Å². The topological polar surface area (TPSA) is 52.9 Å². The fourth-order valence-electron chi connectivity index (χ4n) is 2.23. The lowest BCUT2D eigenvalue weighted by molar-refractivity contribution is 0.193. The molecular weight excluding hydrogens is 212 g/mol. The summed E-state index contributed by atoms with van der Waals surface area (Å²) >= 11 is 0. The third-order valence-electron chi connectivity index (χ3n) is 3.89. The van der Waals surface area contributed by atoms with E-state index in [1.807, 2.05) is 0 Å². The molecule has 1 unspecified atom stereocenters. The second-order valence-corrected chi connectivity index (χ2v) is 5.54. The van der Waals surface area contributed by atoms with E-state index in [0.717, 1.165) is 24.8 Å². The Hall–Kier alpha value is -1.45. The molecule has 1 fully saturated rings. The van der Waals surface area contributed by atoms with Gasteiger partial charge in [0.1, 0.15) is 5.82 Å². The van der Waals surface area contributed by atoms with Crippen LogP contribution in [0.25, 0.3) is 0 Å². The summed E-state index contributed by atoms with van der Waals surface area (Å²) in [6, 6.07) is 0. The number of nitrogens with zero attached hydrogens (tertiary/aromatic N) is 3. The summed E-state index contributed by atoms with van der Waals surface area (Å²) < 4.78 is 0. The van der Waals surface area contributed by atoms with Crippen molar-refractivity contribution in [2.24, 2.45) is 11.3 Å². The van der Waals surface area contributed by atoms with Crippen molar-refractivity contribution >= 4 is 12.0 Å². The Labute approximate surface area is 103 Å². The van der Waals surface area contributed by atoms with Gasteiger partial charge >= 0.3 is 0 Å². The predicted molar refractivity (Wildman–Crippen MR) is 69.7 cm³/mol. The van der Waals surface area contributed by atoms with E-state index < -0.39 is 0 Å². The lowest BCUT2D eigenvalue weighted by atomic mass is 9.75. The molecule has 0 aliphatic carbocycles. The lowest BCUT2D eigenvalue weighted by Gasteiger charge is -2.43. The van der Waals surface area contributed by atoms with Crippen molar-refractivity contribution in [3.8, 4) is 0 Å². The first-order valence-corrected chi connectivity index (χ1v) is 6.10. The molecule has 2 rings (SSSR count). The van der Waals surface area contributed by atoms with E-state index in [-0.39, 0.29) is 0 Å². The van der Waals surface area contributed by atoms with E-state index >= 15 is 0 Å². The highest BCUT2D eigenvalue weighted by Gasteiger charge is 2.33. The van der Waals surface area contributed by atoms with Crippen molar-refractivity contribution in [1.82, 2.24) is 9.97 Å². The van der Waals surface area contributed by atoms with Crippen molar-refractivity contribution in [1.29, 1.82) is 5.41 Å². The van der Waals surface area contributed by atoms with Crippen LogP contribution in [0.15, 0.2) is 12.4 Å². The van der Waals surface area contributed by atoms with Crippen molar-refractivity contribution in [2.45, 2.75) is 27.2 Å². The fraction of sp³-hybridized carbons (Fsp3) is 0.615. The first-order valence-electron chi connectivity index (χ1n) is 6.10. The van der Waals surface area contributed by atoms with Crippen LogP contribution in [0.1, 0.15) is 32.9 Å². The lowest BCUT2D eigenvalue weighted by Crippen LogP contribution is -2.45. The van der Waals surface area contributed by atoms with Gasteiger partial charge in [0.25, 0.3) is 0 Å². The van der Waals surface area contributed by atoms with Gasteiger partial charge in [-0.15, -0.1) is 0 Å². The van der Waals surface area contributed by atoms with Crippen LogP contribution in [0.4, 0.5) is 5.82 Å². The van der Waals surface area contributed by atoms with Crippen LogP contribution in [0.3, 0.4) is 0 Å². The molecular formula is C13H20N4. The number of rotatable bonds is 2. The number of hydrogen-bond acceptors (Lipinski definition) is 4. The molecule has 1 aromatic heterocycles. The van der Waals surface area contributed by atoms with E-state index in [9.17, 15) is 0 Å². The van der Waals surface area contributed by atoms with Gasteiger partial charge in [0, 0.05) is 19.3 Å². The second-order valence-electron chi connectivity index (χ2n) is 5.54. The quantitative estimate of drug-likeness (QED) is 0.796. The Bertz CT molecular complexity index is 396. The number of nitrogens with one attached hydrogen (secondary N) is 1. The monoisotopic (exact) mass is 232 g/mol. The third-order valence-corrected chi connectivity index (χ3v) is 3.89. The number of anilines is 1. The Morgan fingerprint density at radius 1 is 1.41 bits per heavy atom. The van der Waals surface area contributed by atoms with Crippen LogP contribution >= 0.6 is 0 Å². The molecule has 1 aliphatic heterocycles. The van der Waals surface area contributed by atoms with Gasteiger partial charge in [-0.2, -0.15) is 0 Å². The van der Waals surface area contributed by atoms with Gasteiger partial charge < -0.3 is 10.3 Å². The van der Waals surface area contributed by atoms with Crippen molar-refractivity contribution in [2.75, 3.05) is 18.0 Å². The highest BCUT2D eigenvalue weighted by molar-refractivity contribution is 5.73. The van der Waals surface area contributed by atoms with E-state index in [1.165, 1.54) is 12.6 Å². The molecule has 1 atom stereocenters. The molecule has 0 radical (unpaired) electrons. The van der Waals surface area contributed by atoms with Crippen molar-refractivity contribution in [3.05, 3.63) is 18.1 Å². The summed E-state index contributed by atoms with van der Waals surface area (Å²) in [5.41, 5.74) is 0.929. The molecule has 0 aromatic carbocycles. The molecule has 0 saturated carbocycles. The molecule has 4 heteroatoms. The Morgan fingerprint density at radius 3 is 2.71 bits per heavy atom. The van der Waals surface area contributed by atoms with Crippen LogP contribution in [-0.2, 0) is 0 Å². The first-order chi connectivity index (χ1) is 8.03. The molecule has 92 valence electrons. The molecule has 2 heterocycles. The Morgan fingerprint density at radius 2 is 2.18 bits per heavy atom. The van der Waals surface area contributed by atoms with Crippen molar-refractivity contribution < 1.29 is 0 Å². The molecule has 0 spiro atoms. The molecule has 1 saturated heterocycles. The number of hydrogen-bond donors (Lipinski definition) is 1. The minimum absolute atomic E-state index is 0.320. The molecule has 1 aromatic rings. The minimum atomic E-state index is 0.320. The third kappa shape index (κ3) is 2.46.